The van der Waals surface area contributed by atoms with Gasteiger partial charge < -0.3 is 28.7 Å². The minimum absolute atomic E-state index is 0.167. The summed E-state index contributed by atoms with van der Waals surface area (Å²) in [5.74, 6) is 1.59. The number of hydrogen-bond donors (Lipinski definition) is 0. The van der Waals surface area contributed by atoms with Crippen LogP contribution in [-0.2, 0) is 32.2 Å². The van der Waals surface area contributed by atoms with Crippen LogP contribution in [0.3, 0.4) is 0 Å². The number of benzene rings is 1. The fourth-order valence-corrected chi connectivity index (χ4v) is 7.05. The van der Waals surface area contributed by atoms with Gasteiger partial charge in [-0.25, -0.2) is 19.0 Å². The van der Waals surface area contributed by atoms with E-state index in [0.717, 1.165) is 16.9 Å². The normalized spacial score (nSPS) is 19.1. The maximum absolute atomic E-state index is 13.7. The Morgan fingerprint density at radius 1 is 0.917 bits per heavy atom. The standard InChI is InChI=1S/C36H51N4O7S/c1-24-25(2)40-30(32(41)45-22-26-11-13-29(44-10)14-12-26)27(23-48-31(24)40)21-38-17-15-28(16-18-38)39(34(43)47-36(6,7)8)20-19-37(9)33(42)46-35(3,4)5/h11-18,24-25,31H,19-23H2,1-10H3/q+1. The molecular weight excluding hydrogens is 632 g/mol. The molecule has 0 radical (unpaired) electrons. The van der Waals surface area contributed by atoms with Crippen LogP contribution >= 0.6 is 11.8 Å². The summed E-state index contributed by atoms with van der Waals surface area (Å²) < 4.78 is 24.3. The van der Waals surface area contributed by atoms with Crippen LogP contribution in [0.15, 0.2) is 60.1 Å². The minimum atomic E-state index is -0.700. The number of rotatable bonds is 10. The highest BCUT2D eigenvalue weighted by molar-refractivity contribution is 8.00. The Hall–Kier alpha value is -3.93. The van der Waals surface area contributed by atoms with Gasteiger partial charge in [-0.1, -0.05) is 19.1 Å². The van der Waals surface area contributed by atoms with Gasteiger partial charge in [-0.15, -0.1) is 11.8 Å². The van der Waals surface area contributed by atoms with Crippen LogP contribution in [0.5, 0.6) is 5.75 Å². The molecule has 2 aliphatic rings. The van der Waals surface area contributed by atoms with Gasteiger partial charge in [-0.05, 0) is 66.2 Å². The number of methoxy groups -OCH3 is 1. The number of fused-ring (bicyclic) bond motifs is 1. The van der Waals surface area contributed by atoms with Crippen molar-refractivity contribution in [3.8, 4) is 5.75 Å². The lowest BCUT2D eigenvalue weighted by Gasteiger charge is -2.56. The Bertz CT molecular complexity index is 1480. The van der Waals surface area contributed by atoms with E-state index in [1.807, 2.05) is 107 Å². The second-order valence-electron chi connectivity index (χ2n) is 14.3. The van der Waals surface area contributed by atoms with E-state index in [1.54, 1.807) is 14.2 Å². The third-order valence-corrected chi connectivity index (χ3v) is 9.72. The summed E-state index contributed by atoms with van der Waals surface area (Å²) >= 11 is 1.85. The molecule has 1 aromatic heterocycles. The number of aromatic nitrogens is 1. The van der Waals surface area contributed by atoms with Crippen LogP contribution in [0.2, 0.25) is 0 Å². The molecule has 12 heteroatoms. The average molecular weight is 684 g/mol. The number of carbonyl (C=O) groups excluding carboxylic acids is 3. The van der Waals surface area contributed by atoms with E-state index in [4.69, 9.17) is 18.9 Å². The molecule has 1 saturated heterocycles. The predicted molar refractivity (Wildman–Crippen MR) is 186 cm³/mol. The summed E-state index contributed by atoms with van der Waals surface area (Å²) in [5, 5.41) is 0.237. The molecule has 3 heterocycles. The minimum Gasteiger partial charge on any atom is -0.497 e. The quantitative estimate of drug-likeness (QED) is 0.170. The van der Waals surface area contributed by atoms with Gasteiger partial charge in [-0.2, -0.15) is 0 Å². The van der Waals surface area contributed by atoms with Crippen LogP contribution in [-0.4, -0.2) is 83.6 Å². The molecule has 4 rings (SSSR count). The topological polar surface area (TPSA) is 102 Å². The van der Waals surface area contributed by atoms with Crippen molar-refractivity contribution in [3.05, 3.63) is 65.6 Å². The molecule has 2 aromatic rings. The molecule has 0 saturated carbocycles. The van der Waals surface area contributed by atoms with Crippen LogP contribution in [0.25, 0.3) is 0 Å². The van der Waals surface area contributed by atoms with Gasteiger partial charge in [0.1, 0.15) is 29.3 Å². The van der Waals surface area contributed by atoms with E-state index in [9.17, 15) is 14.4 Å². The van der Waals surface area contributed by atoms with Crippen LogP contribution in [0.4, 0.5) is 15.3 Å². The first-order chi connectivity index (χ1) is 22.5. The van der Waals surface area contributed by atoms with Crippen molar-refractivity contribution in [1.29, 1.82) is 0 Å². The number of likely N-dealkylation sites (N-methyl/N-ethyl adjacent to an activating group) is 1. The van der Waals surface area contributed by atoms with Gasteiger partial charge in [0.15, 0.2) is 18.9 Å². The smallest absolute Gasteiger partial charge is 0.414 e. The number of pyridine rings is 1. The zero-order valence-corrected chi connectivity index (χ0v) is 30.8. The maximum Gasteiger partial charge on any atom is 0.414 e. The predicted octanol–water partition coefficient (Wildman–Crippen LogP) is 6.00. The Morgan fingerprint density at radius 3 is 2.10 bits per heavy atom. The first kappa shape index (κ1) is 36.9. The van der Waals surface area contributed by atoms with Gasteiger partial charge in [0, 0.05) is 55.6 Å². The average Bonchev–Trinajstić information content (AvgIpc) is 3.02. The van der Waals surface area contributed by atoms with Crippen molar-refractivity contribution in [2.45, 2.75) is 91.2 Å². The first-order valence-electron chi connectivity index (χ1n) is 16.3. The molecule has 0 aliphatic carbocycles. The van der Waals surface area contributed by atoms with Crippen molar-refractivity contribution in [1.82, 2.24) is 9.80 Å². The molecule has 48 heavy (non-hydrogen) atoms. The summed E-state index contributed by atoms with van der Waals surface area (Å²) in [6.45, 7) is 16.3. The first-order valence-corrected chi connectivity index (χ1v) is 17.4. The molecule has 2 amide bonds. The lowest BCUT2D eigenvalue weighted by Crippen LogP contribution is -2.62. The summed E-state index contributed by atoms with van der Waals surface area (Å²) in [7, 11) is 3.26. The third kappa shape index (κ3) is 9.36. The number of anilines is 1. The summed E-state index contributed by atoms with van der Waals surface area (Å²) in [6.07, 6.45) is 2.79. The Kier molecular flexibility index (Phi) is 11.6. The molecule has 1 aromatic carbocycles. The number of amides is 2. The van der Waals surface area contributed by atoms with Gasteiger partial charge in [0.25, 0.3) is 0 Å². The van der Waals surface area contributed by atoms with Crippen LogP contribution in [0, 0.1) is 5.92 Å². The van der Waals surface area contributed by atoms with Gasteiger partial charge in [0.2, 0.25) is 0 Å². The SMILES string of the molecule is COc1ccc(COC(=O)C2=C(C[n+]3ccc(N(CCN(C)C(=O)OC(C)(C)C)C(=O)OC(C)(C)C)cc3)CSC3C(C)C(C)N23)cc1. The number of hydrogen-bond acceptors (Lipinski definition) is 9. The molecule has 0 N–H and O–H groups in total. The molecule has 0 spiro atoms. The number of thioether (sulfide) groups is 1. The molecule has 2 aliphatic heterocycles. The molecule has 3 atom stereocenters. The molecule has 11 nitrogen and oxygen atoms in total. The Morgan fingerprint density at radius 2 is 1.52 bits per heavy atom. The summed E-state index contributed by atoms with van der Waals surface area (Å²) in [4.78, 5) is 44.7. The highest BCUT2D eigenvalue weighted by Gasteiger charge is 2.49. The van der Waals surface area contributed by atoms with Crippen molar-refractivity contribution in [2.24, 2.45) is 5.92 Å². The monoisotopic (exact) mass is 683 g/mol. The highest BCUT2D eigenvalue weighted by Crippen LogP contribution is 2.47. The van der Waals surface area contributed by atoms with Crippen molar-refractivity contribution in [2.75, 3.05) is 37.9 Å². The zero-order chi connectivity index (χ0) is 35.4. The van der Waals surface area contributed by atoms with Crippen LogP contribution in [0.1, 0.15) is 61.0 Å². The third-order valence-electron chi connectivity index (χ3n) is 8.20. The molecular formula is C36H51N4O7S+. The molecule has 3 unspecified atom stereocenters. The van der Waals surface area contributed by atoms with E-state index in [-0.39, 0.29) is 37.1 Å². The zero-order valence-electron chi connectivity index (χ0n) is 29.9. The Labute approximate surface area is 289 Å². The number of nitrogens with zero attached hydrogens (tertiary/aromatic N) is 4. The lowest BCUT2D eigenvalue weighted by atomic mass is 9.89. The van der Waals surface area contributed by atoms with Gasteiger partial charge in [0.05, 0.1) is 18.2 Å². The second kappa shape index (κ2) is 15.1. The molecule has 0 bridgehead atoms. The van der Waals surface area contributed by atoms with E-state index in [2.05, 4.69) is 18.7 Å². The van der Waals surface area contributed by atoms with Crippen molar-refractivity contribution in [3.63, 3.8) is 0 Å². The van der Waals surface area contributed by atoms with E-state index in [0.29, 0.717) is 29.6 Å². The molecule has 1 fully saturated rings. The summed E-state index contributed by atoms with van der Waals surface area (Å²) in [5.41, 5.74) is 1.79. The number of carbonyl (C=O) groups is 3. The number of ether oxygens (including phenoxy) is 4. The second-order valence-corrected chi connectivity index (χ2v) is 15.5. The van der Waals surface area contributed by atoms with Gasteiger partial charge >= 0.3 is 18.2 Å². The van der Waals surface area contributed by atoms with E-state index >= 15 is 0 Å². The number of esters is 1. The Balaban J connectivity index is 1.53. The maximum atomic E-state index is 13.7. The fraction of sp³-hybridized carbons (Fsp3) is 0.556. The lowest BCUT2D eigenvalue weighted by molar-refractivity contribution is -0.689. The summed E-state index contributed by atoms with van der Waals surface area (Å²) in [6, 6.07) is 11.4. The van der Waals surface area contributed by atoms with E-state index in [1.165, 1.54) is 9.80 Å². The fourth-order valence-electron chi connectivity index (χ4n) is 5.46. The van der Waals surface area contributed by atoms with Crippen molar-refractivity contribution >= 4 is 35.6 Å². The largest absolute Gasteiger partial charge is 0.497 e. The van der Waals surface area contributed by atoms with Crippen LogP contribution < -0.4 is 14.2 Å². The van der Waals surface area contributed by atoms with Gasteiger partial charge in [-0.3, -0.25) is 4.90 Å². The van der Waals surface area contributed by atoms with Crippen molar-refractivity contribution < 1.29 is 37.9 Å². The molecule has 262 valence electrons. The highest BCUT2D eigenvalue weighted by atomic mass is 32.2. The van der Waals surface area contributed by atoms with E-state index < -0.39 is 23.4 Å².